The Bertz CT molecular complexity index is 963. The van der Waals surface area contributed by atoms with Gasteiger partial charge in [-0.3, -0.25) is 14.9 Å². The molecule has 0 aliphatic rings. The van der Waals surface area contributed by atoms with Crippen LogP contribution in [0.25, 0.3) is 10.9 Å². The lowest BCUT2D eigenvalue weighted by atomic mass is 9.98. The van der Waals surface area contributed by atoms with Gasteiger partial charge < -0.3 is 10.3 Å². The lowest BCUT2D eigenvalue weighted by Gasteiger charge is -2.07. The largest absolute Gasteiger partial charge is 0.366 e. The molecule has 3 aromatic rings. The van der Waals surface area contributed by atoms with E-state index < -0.39 is 11.8 Å². The normalized spacial score (nSPS) is 11.0. The molecule has 0 bridgehead atoms. The number of carbonyl (C=O) groups is 2. The summed E-state index contributed by atoms with van der Waals surface area (Å²) in [4.78, 5) is 24.0. The van der Waals surface area contributed by atoms with Gasteiger partial charge >= 0.3 is 0 Å². The van der Waals surface area contributed by atoms with Crippen LogP contribution in [0.3, 0.4) is 0 Å². The maximum atomic E-state index is 12.5. The third kappa shape index (κ3) is 2.74. The van der Waals surface area contributed by atoms with Crippen LogP contribution in [-0.2, 0) is 0 Å². The highest BCUT2D eigenvalue weighted by Crippen LogP contribution is 2.29. The summed E-state index contributed by atoms with van der Waals surface area (Å²) in [6, 6.07) is 1.52. The van der Waals surface area contributed by atoms with Gasteiger partial charge in [-0.1, -0.05) is 28.3 Å². The van der Waals surface area contributed by atoms with E-state index in [1.54, 1.807) is 13.8 Å². The van der Waals surface area contributed by atoms with Gasteiger partial charge in [0.25, 0.3) is 5.91 Å². The second-order valence-electron chi connectivity index (χ2n) is 4.98. The van der Waals surface area contributed by atoms with Crippen LogP contribution >= 0.6 is 23.1 Å². The average Bonchev–Trinajstić information content (AvgIpc) is 3.16. The summed E-state index contributed by atoms with van der Waals surface area (Å²) in [6.45, 7) is 3.55. The molecule has 2 aromatic heterocycles. The van der Waals surface area contributed by atoms with Gasteiger partial charge in [-0.15, -0.1) is 10.2 Å². The van der Waals surface area contributed by atoms with Gasteiger partial charge in [-0.2, -0.15) is 0 Å². The van der Waals surface area contributed by atoms with Gasteiger partial charge in [-0.05, 0) is 37.3 Å². The Morgan fingerprint density at radius 2 is 2.04 bits per heavy atom. The number of benzene rings is 1. The lowest BCUT2D eigenvalue weighted by Crippen LogP contribution is -2.14. The first-order valence-corrected chi connectivity index (χ1v) is 8.84. The zero-order chi connectivity index (χ0) is 17.4. The van der Waals surface area contributed by atoms with Crippen LogP contribution in [0.5, 0.6) is 0 Å². The van der Waals surface area contributed by atoms with Crippen LogP contribution in [0.2, 0.25) is 0 Å². The Balaban J connectivity index is 2.02. The predicted molar refractivity (Wildman–Crippen MR) is 91.6 cm³/mol. The first-order chi connectivity index (χ1) is 11.4. The average molecular weight is 363 g/mol. The number of thioether (sulfide) groups is 1. The topological polar surface area (TPSA) is 124 Å². The SMILES string of the molecule is CSc1nnc(NC(=O)c2onc3cc(C(N)=O)c(C)c(C)c23)s1. The zero-order valence-electron chi connectivity index (χ0n) is 13.0. The van der Waals surface area contributed by atoms with E-state index in [9.17, 15) is 9.59 Å². The molecule has 0 aliphatic heterocycles. The summed E-state index contributed by atoms with van der Waals surface area (Å²) in [5.74, 6) is -0.969. The standard InChI is InChI=1S/C14H13N5O3S2/c1-5-6(2)9-8(4-7(5)11(15)20)19-22-10(9)12(21)16-13-17-18-14(23-3)24-13/h4H,1-3H3,(H2,15,20)(H,16,17,21). The van der Waals surface area contributed by atoms with E-state index in [2.05, 4.69) is 20.7 Å². The quantitative estimate of drug-likeness (QED) is 0.538. The number of hydrogen-bond donors (Lipinski definition) is 2. The van der Waals surface area contributed by atoms with Crippen molar-refractivity contribution in [3.05, 3.63) is 28.5 Å². The van der Waals surface area contributed by atoms with Crippen molar-refractivity contribution in [2.45, 2.75) is 18.2 Å². The minimum Gasteiger partial charge on any atom is -0.366 e. The van der Waals surface area contributed by atoms with E-state index in [1.165, 1.54) is 29.2 Å². The maximum Gasteiger partial charge on any atom is 0.296 e. The highest BCUT2D eigenvalue weighted by atomic mass is 32.2. The molecular weight excluding hydrogens is 350 g/mol. The smallest absolute Gasteiger partial charge is 0.296 e. The Labute approximate surface area is 144 Å². The maximum absolute atomic E-state index is 12.5. The van der Waals surface area contributed by atoms with Gasteiger partial charge in [0.2, 0.25) is 16.8 Å². The van der Waals surface area contributed by atoms with Gasteiger partial charge in [0.05, 0.1) is 5.39 Å². The fourth-order valence-corrected chi connectivity index (χ4v) is 3.47. The van der Waals surface area contributed by atoms with Crippen LogP contribution in [0.1, 0.15) is 32.0 Å². The summed E-state index contributed by atoms with van der Waals surface area (Å²) in [5.41, 5.74) is 7.53. The van der Waals surface area contributed by atoms with Gasteiger partial charge in [0.15, 0.2) is 4.34 Å². The summed E-state index contributed by atoms with van der Waals surface area (Å²) >= 11 is 2.70. The number of anilines is 1. The third-order valence-electron chi connectivity index (χ3n) is 3.61. The molecule has 24 heavy (non-hydrogen) atoms. The Kier molecular flexibility index (Phi) is 4.24. The Morgan fingerprint density at radius 3 is 2.67 bits per heavy atom. The van der Waals surface area contributed by atoms with E-state index in [0.717, 1.165) is 9.90 Å². The van der Waals surface area contributed by atoms with Crippen molar-refractivity contribution in [2.75, 3.05) is 11.6 Å². The van der Waals surface area contributed by atoms with Crippen LogP contribution in [0.4, 0.5) is 5.13 Å². The molecule has 0 radical (unpaired) electrons. The fraction of sp³-hybridized carbons (Fsp3) is 0.214. The molecular formula is C14H13N5O3S2. The minimum absolute atomic E-state index is 0.0579. The highest BCUT2D eigenvalue weighted by Gasteiger charge is 2.23. The van der Waals surface area contributed by atoms with Crippen molar-refractivity contribution in [2.24, 2.45) is 5.73 Å². The number of aryl methyl sites for hydroxylation is 1. The molecule has 0 saturated heterocycles. The molecule has 3 N–H and O–H groups in total. The van der Waals surface area contributed by atoms with Crippen LogP contribution < -0.4 is 11.1 Å². The van der Waals surface area contributed by atoms with Crippen LogP contribution in [0, 0.1) is 13.8 Å². The van der Waals surface area contributed by atoms with Gasteiger partial charge in [0.1, 0.15) is 5.52 Å². The number of nitrogens with one attached hydrogen (secondary N) is 1. The second-order valence-corrected chi connectivity index (χ2v) is 7.01. The van der Waals surface area contributed by atoms with Crippen molar-refractivity contribution in [3.63, 3.8) is 0 Å². The van der Waals surface area contributed by atoms with Gasteiger partial charge in [-0.25, -0.2) is 0 Å². The predicted octanol–water partition coefficient (Wildman–Crippen LogP) is 2.37. The van der Waals surface area contributed by atoms with Crippen molar-refractivity contribution in [3.8, 4) is 0 Å². The summed E-state index contributed by atoms with van der Waals surface area (Å²) < 4.78 is 5.93. The van der Waals surface area contributed by atoms with E-state index >= 15 is 0 Å². The molecule has 0 aliphatic carbocycles. The molecule has 8 nitrogen and oxygen atoms in total. The highest BCUT2D eigenvalue weighted by molar-refractivity contribution is 8.00. The van der Waals surface area contributed by atoms with Crippen LogP contribution in [-0.4, -0.2) is 33.4 Å². The number of amides is 2. The van der Waals surface area contributed by atoms with Gasteiger partial charge in [0, 0.05) is 5.56 Å². The second kappa shape index (κ2) is 6.21. The number of nitrogens with zero attached hydrogens (tertiary/aromatic N) is 3. The molecule has 0 saturated carbocycles. The number of hydrogen-bond acceptors (Lipinski definition) is 8. The number of nitrogens with two attached hydrogens (primary N) is 1. The molecule has 0 spiro atoms. The first-order valence-electron chi connectivity index (χ1n) is 6.80. The molecule has 3 rings (SSSR count). The molecule has 1 aromatic carbocycles. The molecule has 0 fully saturated rings. The number of rotatable bonds is 4. The summed E-state index contributed by atoms with van der Waals surface area (Å²) in [7, 11) is 0. The van der Waals surface area contributed by atoms with Crippen LogP contribution in [0.15, 0.2) is 14.9 Å². The minimum atomic E-state index is -0.551. The van der Waals surface area contributed by atoms with E-state index in [0.29, 0.717) is 27.2 Å². The van der Waals surface area contributed by atoms with E-state index in [-0.39, 0.29) is 5.76 Å². The summed E-state index contributed by atoms with van der Waals surface area (Å²) in [5, 5.41) is 15.2. The molecule has 124 valence electrons. The lowest BCUT2D eigenvalue weighted by molar-refractivity contribution is 0.0985. The molecule has 0 unspecified atom stereocenters. The molecule has 0 atom stereocenters. The molecule has 2 heterocycles. The number of carbonyl (C=O) groups excluding carboxylic acids is 2. The monoisotopic (exact) mass is 363 g/mol. The van der Waals surface area contributed by atoms with E-state index in [4.69, 9.17) is 10.3 Å². The number of fused-ring (bicyclic) bond motifs is 1. The zero-order valence-corrected chi connectivity index (χ0v) is 14.7. The number of aromatic nitrogens is 3. The van der Waals surface area contributed by atoms with Crippen molar-refractivity contribution < 1.29 is 14.1 Å². The Morgan fingerprint density at radius 1 is 1.29 bits per heavy atom. The Hall–Kier alpha value is -2.46. The summed E-state index contributed by atoms with van der Waals surface area (Å²) in [6.07, 6.45) is 1.87. The molecule has 2 amide bonds. The van der Waals surface area contributed by atoms with Crippen molar-refractivity contribution in [1.82, 2.24) is 15.4 Å². The number of primary amides is 1. The fourth-order valence-electron chi connectivity index (χ4n) is 2.31. The van der Waals surface area contributed by atoms with Crippen molar-refractivity contribution >= 4 is 50.9 Å². The third-order valence-corrected chi connectivity index (χ3v) is 5.43. The van der Waals surface area contributed by atoms with Crippen molar-refractivity contribution in [1.29, 1.82) is 0 Å². The molecule has 10 heteroatoms. The van der Waals surface area contributed by atoms with E-state index in [1.807, 2.05) is 6.26 Å². The first kappa shape index (κ1) is 16.4.